The Morgan fingerprint density at radius 2 is 1.72 bits per heavy atom. The van der Waals surface area contributed by atoms with Gasteiger partial charge in [-0.3, -0.25) is 9.78 Å². The van der Waals surface area contributed by atoms with Gasteiger partial charge in [-0.2, -0.15) is 0 Å². The van der Waals surface area contributed by atoms with Crippen LogP contribution >= 0.6 is 11.6 Å². The summed E-state index contributed by atoms with van der Waals surface area (Å²) in [7, 11) is 1.60. The first-order valence-electron chi connectivity index (χ1n) is 9.21. The molecular formula is C24H19ClN2O2. The summed E-state index contributed by atoms with van der Waals surface area (Å²) in [5, 5.41) is 4.24. The number of pyridine rings is 1. The van der Waals surface area contributed by atoms with Gasteiger partial charge in [-0.1, -0.05) is 41.9 Å². The summed E-state index contributed by atoms with van der Waals surface area (Å²) in [4.78, 5) is 16.4. The van der Waals surface area contributed by atoms with Crippen LogP contribution < -0.4 is 10.1 Å². The number of nitrogens with one attached hydrogen (secondary N) is 1. The zero-order valence-electron chi connectivity index (χ0n) is 16.1. The highest BCUT2D eigenvalue weighted by Gasteiger charge is 2.12. The third-order valence-electron chi connectivity index (χ3n) is 4.72. The SMILES string of the molecule is CNC(=O)c1cccc(Oc2cccc(-c3c(C)cnc4c(Cl)cccc34)c2)c1. The maximum Gasteiger partial charge on any atom is 0.251 e. The van der Waals surface area contributed by atoms with Gasteiger partial charge >= 0.3 is 0 Å². The number of carbonyl (C=O) groups is 1. The number of hydrogen-bond acceptors (Lipinski definition) is 3. The van der Waals surface area contributed by atoms with Crippen LogP contribution in [-0.2, 0) is 0 Å². The Morgan fingerprint density at radius 1 is 1.00 bits per heavy atom. The molecule has 4 nitrogen and oxygen atoms in total. The zero-order valence-corrected chi connectivity index (χ0v) is 16.8. The summed E-state index contributed by atoms with van der Waals surface area (Å²) in [6, 6.07) is 20.7. The standard InChI is InChI=1S/C24H19ClN2O2/c1-15-14-27-23-20(10-5-11-21(23)25)22(15)16-6-3-8-18(12-16)29-19-9-4-7-17(13-19)24(28)26-2/h3-14H,1-2H3,(H,26,28). The highest BCUT2D eigenvalue weighted by Crippen LogP contribution is 2.35. The van der Waals surface area contributed by atoms with Crippen LogP contribution in [0.15, 0.2) is 72.9 Å². The van der Waals surface area contributed by atoms with Crippen molar-refractivity contribution in [3.05, 3.63) is 89.1 Å². The van der Waals surface area contributed by atoms with E-state index in [1.165, 1.54) is 0 Å². The lowest BCUT2D eigenvalue weighted by Gasteiger charge is -2.13. The molecule has 0 aliphatic heterocycles. The van der Waals surface area contributed by atoms with Gasteiger partial charge in [0.2, 0.25) is 0 Å². The van der Waals surface area contributed by atoms with Gasteiger partial charge in [-0.15, -0.1) is 0 Å². The molecule has 4 rings (SSSR count). The molecule has 1 aromatic heterocycles. The number of carbonyl (C=O) groups excluding carboxylic acids is 1. The van der Waals surface area contributed by atoms with Gasteiger partial charge < -0.3 is 10.1 Å². The minimum atomic E-state index is -0.153. The molecule has 0 spiro atoms. The molecule has 0 aliphatic rings. The average Bonchev–Trinajstić information content (AvgIpc) is 2.73. The normalized spacial score (nSPS) is 10.7. The number of aromatic nitrogens is 1. The van der Waals surface area contributed by atoms with Gasteiger partial charge in [0.25, 0.3) is 5.91 Å². The van der Waals surface area contributed by atoms with Crippen molar-refractivity contribution in [3.63, 3.8) is 0 Å². The zero-order chi connectivity index (χ0) is 20.4. The summed E-state index contributed by atoms with van der Waals surface area (Å²) in [6.45, 7) is 2.03. The summed E-state index contributed by atoms with van der Waals surface area (Å²) in [6.07, 6.45) is 1.84. The van der Waals surface area contributed by atoms with Crippen molar-refractivity contribution >= 4 is 28.4 Å². The van der Waals surface area contributed by atoms with E-state index in [0.29, 0.717) is 22.1 Å². The van der Waals surface area contributed by atoms with Crippen LogP contribution in [0.3, 0.4) is 0 Å². The van der Waals surface area contributed by atoms with Gasteiger partial charge in [-0.25, -0.2) is 0 Å². The summed E-state index contributed by atoms with van der Waals surface area (Å²) in [5.74, 6) is 1.13. The van der Waals surface area contributed by atoms with Crippen LogP contribution in [-0.4, -0.2) is 17.9 Å². The van der Waals surface area contributed by atoms with E-state index in [1.807, 2.05) is 61.7 Å². The maximum absolute atomic E-state index is 11.9. The second-order valence-electron chi connectivity index (χ2n) is 6.69. The quantitative estimate of drug-likeness (QED) is 0.454. The lowest BCUT2D eigenvalue weighted by Crippen LogP contribution is -2.17. The predicted molar refractivity (Wildman–Crippen MR) is 117 cm³/mol. The molecule has 5 heteroatoms. The highest BCUT2D eigenvalue weighted by molar-refractivity contribution is 6.35. The molecule has 1 N–H and O–H groups in total. The molecule has 3 aromatic carbocycles. The van der Waals surface area contributed by atoms with E-state index in [4.69, 9.17) is 16.3 Å². The first-order chi connectivity index (χ1) is 14.1. The van der Waals surface area contributed by atoms with E-state index < -0.39 is 0 Å². The van der Waals surface area contributed by atoms with Crippen LogP contribution in [0.1, 0.15) is 15.9 Å². The number of rotatable bonds is 4. The Hall–Kier alpha value is -3.37. The first kappa shape index (κ1) is 19.0. The van der Waals surface area contributed by atoms with E-state index in [2.05, 4.69) is 10.3 Å². The van der Waals surface area contributed by atoms with Gasteiger partial charge in [0, 0.05) is 24.2 Å². The molecule has 1 amide bonds. The lowest BCUT2D eigenvalue weighted by atomic mass is 9.97. The van der Waals surface area contributed by atoms with Crippen LogP contribution in [0.2, 0.25) is 5.02 Å². The van der Waals surface area contributed by atoms with E-state index in [-0.39, 0.29) is 5.91 Å². The van der Waals surface area contributed by atoms with E-state index in [9.17, 15) is 4.79 Å². The van der Waals surface area contributed by atoms with E-state index in [1.54, 1.807) is 25.2 Å². The highest BCUT2D eigenvalue weighted by atomic mass is 35.5. The monoisotopic (exact) mass is 402 g/mol. The van der Waals surface area contributed by atoms with Gasteiger partial charge in [0.15, 0.2) is 0 Å². The molecule has 0 saturated heterocycles. The number of fused-ring (bicyclic) bond motifs is 1. The van der Waals surface area contributed by atoms with Crippen molar-refractivity contribution < 1.29 is 9.53 Å². The number of hydrogen-bond donors (Lipinski definition) is 1. The Morgan fingerprint density at radius 3 is 2.52 bits per heavy atom. The van der Waals surface area contributed by atoms with E-state index in [0.717, 1.165) is 27.6 Å². The minimum Gasteiger partial charge on any atom is -0.457 e. The van der Waals surface area contributed by atoms with Crippen molar-refractivity contribution in [1.82, 2.24) is 10.3 Å². The Bertz CT molecular complexity index is 1220. The number of halogens is 1. The fourth-order valence-corrected chi connectivity index (χ4v) is 3.59. The number of amides is 1. The minimum absolute atomic E-state index is 0.153. The number of nitrogens with zero attached hydrogens (tertiary/aromatic N) is 1. The topological polar surface area (TPSA) is 51.2 Å². The van der Waals surface area contributed by atoms with Gasteiger partial charge in [-0.05, 0) is 60.0 Å². The number of benzene rings is 3. The Labute approximate surface area is 174 Å². The second kappa shape index (κ2) is 7.94. The summed E-state index contributed by atoms with van der Waals surface area (Å²) in [5.41, 5.74) is 4.46. The third kappa shape index (κ3) is 3.80. The van der Waals surface area contributed by atoms with Crippen molar-refractivity contribution in [1.29, 1.82) is 0 Å². The number of para-hydroxylation sites is 1. The van der Waals surface area contributed by atoms with Crippen molar-refractivity contribution in [2.45, 2.75) is 6.92 Å². The van der Waals surface area contributed by atoms with Gasteiger partial charge in [0.1, 0.15) is 11.5 Å². The number of ether oxygens (including phenoxy) is 1. The molecule has 0 saturated carbocycles. The molecule has 0 fully saturated rings. The van der Waals surface area contributed by atoms with Crippen LogP contribution in [0.4, 0.5) is 0 Å². The maximum atomic E-state index is 11.9. The fourth-order valence-electron chi connectivity index (χ4n) is 3.37. The summed E-state index contributed by atoms with van der Waals surface area (Å²) >= 11 is 6.34. The third-order valence-corrected chi connectivity index (χ3v) is 5.02. The molecule has 0 atom stereocenters. The van der Waals surface area contributed by atoms with Gasteiger partial charge in [0.05, 0.1) is 10.5 Å². The smallest absolute Gasteiger partial charge is 0.251 e. The molecule has 4 aromatic rings. The molecule has 0 aliphatic carbocycles. The Kier molecular flexibility index (Phi) is 5.19. The molecule has 0 unspecified atom stereocenters. The molecule has 1 heterocycles. The van der Waals surface area contributed by atoms with E-state index >= 15 is 0 Å². The molecule has 29 heavy (non-hydrogen) atoms. The van der Waals surface area contributed by atoms with Crippen molar-refractivity contribution in [3.8, 4) is 22.6 Å². The number of aryl methyl sites for hydroxylation is 1. The first-order valence-corrected chi connectivity index (χ1v) is 9.59. The second-order valence-corrected chi connectivity index (χ2v) is 7.10. The molecular weight excluding hydrogens is 384 g/mol. The van der Waals surface area contributed by atoms with Crippen molar-refractivity contribution in [2.75, 3.05) is 7.05 Å². The largest absolute Gasteiger partial charge is 0.457 e. The van der Waals surface area contributed by atoms with Crippen molar-refractivity contribution in [2.24, 2.45) is 0 Å². The lowest BCUT2D eigenvalue weighted by molar-refractivity contribution is 0.0963. The molecule has 144 valence electrons. The van der Waals surface area contributed by atoms with Crippen LogP contribution in [0.5, 0.6) is 11.5 Å². The fraction of sp³-hybridized carbons (Fsp3) is 0.0833. The van der Waals surface area contributed by atoms with Crippen LogP contribution in [0, 0.1) is 6.92 Å². The molecule has 0 radical (unpaired) electrons. The average molecular weight is 403 g/mol. The molecule has 0 bridgehead atoms. The predicted octanol–water partition coefficient (Wildman–Crippen LogP) is 6.02. The Balaban J connectivity index is 1.74. The van der Waals surface area contributed by atoms with Crippen LogP contribution in [0.25, 0.3) is 22.0 Å². The summed E-state index contributed by atoms with van der Waals surface area (Å²) < 4.78 is 6.03.